The summed E-state index contributed by atoms with van der Waals surface area (Å²) in [5, 5.41) is 6.46. The minimum Gasteiger partial charge on any atom is -0.352 e. The summed E-state index contributed by atoms with van der Waals surface area (Å²) < 4.78 is 0. The monoisotopic (exact) mass is 389 g/mol. The number of carbonyl (C=O) groups is 1. The molecule has 2 rings (SSSR count). The summed E-state index contributed by atoms with van der Waals surface area (Å²) in [6.45, 7) is 10.2. The maximum Gasteiger partial charge on any atom is 0.220 e. The highest BCUT2D eigenvalue weighted by molar-refractivity contribution is 5.85. The first-order valence-corrected chi connectivity index (χ1v) is 8.99. The molecule has 0 spiro atoms. The molecule has 0 saturated carbocycles. The topological polar surface area (TPSA) is 44.4 Å². The average molecular weight is 390 g/mol. The smallest absolute Gasteiger partial charge is 0.220 e. The predicted octanol–water partition coefficient (Wildman–Crippen LogP) is 3.38. The Morgan fingerprint density at radius 1 is 1.12 bits per heavy atom. The van der Waals surface area contributed by atoms with Gasteiger partial charge >= 0.3 is 0 Å². The van der Waals surface area contributed by atoms with Crippen LogP contribution in [0, 0.1) is 5.92 Å². The summed E-state index contributed by atoms with van der Waals surface area (Å²) in [6.07, 6.45) is 2.90. The van der Waals surface area contributed by atoms with Crippen molar-refractivity contribution in [3.63, 3.8) is 0 Å². The Labute approximate surface area is 164 Å². The number of hydrogen-bond acceptors (Lipinski definition) is 3. The van der Waals surface area contributed by atoms with Gasteiger partial charge in [-0.25, -0.2) is 0 Å². The minimum absolute atomic E-state index is 0. The SMILES string of the molecule is CCN(CC)Cc1ccccc1CNC(=O)CC1CCNCC1.Cl.Cl. The van der Waals surface area contributed by atoms with Crippen LogP contribution in [0.25, 0.3) is 0 Å². The van der Waals surface area contributed by atoms with Gasteiger partial charge in [0.1, 0.15) is 0 Å². The fraction of sp³-hybridized carbons (Fsp3) is 0.632. The van der Waals surface area contributed by atoms with Gasteiger partial charge in [-0.1, -0.05) is 38.1 Å². The second kappa shape index (κ2) is 13.4. The van der Waals surface area contributed by atoms with Crippen molar-refractivity contribution < 1.29 is 4.79 Å². The Morgan fingerprint density at radius 2 is 1.72 bits per heavy atom. The second-order valence-corrected chi connectivity index (χ2v) is 6.40. The highest BCUT2D eigenvalue weighted by Crippen LogP contribution is 2.16. The van der Waals surface area contributed by atoms with Crippen LogP contribution in [-0.4, -0.2) is 37.0 Å². The van der Waals surface area contributed by atoms with E-state index in [9.17, 15) is 4.79 Å². The Kier molecular flexibility index (Phi) is 13.0. The summed E-state index contributed by atoms with van der Waals surface area (Å²) in [5.41, 5.74) is 2.55. The molecule has 0 aliphatic carbocycles. The van der Waals surface area contributed by atoms with E-state index in [0.29, 0.717) is 18.9 Å². The van der Waals surface area contributed by atoms with E-state index in [1.165, 1.54) is 11.1 Å². The lowest BCUT2D eigenvalue weighted by molar-refractivity contribution is -0.122. The first-order chi connectivity index (χ1) is 11.2. The first kappa shape index (κ1) is 24.2. The number of carbonyl (C=O) groups excluding carboxylic acids is 1. The fourth-order valence-electron chi connectivity index (χ4n) is 3.19. The third-order valence-corrected chi connectivity index (χ3v) is 4.82. The van der Waals surface area contributed by atoms with E-state index >= 15 is 0 Å². The lowest BCUT2D eigenvalue weighted by Crippen LogP contribution is -2.32. The van der Waals surface area contributed by atoms with Gasteiger partial charge in [-0.3, -0.25) is 9.69 Å². The molecule has 1 fully saturated rings. The number of halogens is 2. The molecule has 0 atom stereocenters. The molecule has 0 bridgehead atoms. The van der Waals surface area contributed by atoms with Gasteiger partial charge in [-0.05, 0) is 56.1 Å². The number of hydrogen-bond donors (Lipinski definition) is 2. The number of amides is 1. The van der Waals surface area contributed by atoms with E-state index in [1.807, 2.05) is 0 Å². The Balaban J connectivity index is 0.00000288. The molecule has 0 aromatic heterocycles. The van der Waals surface area contributed by atoms with Gasteiger partial charge < -0.3 is 10.6 Å². The Hall–Kier alpha value is -0.810. The number of nitrogens with one attached hydrogen (secondary N) is 2. The quantitative estimate of drug-likeness (QED) is 0.715. The first-order valence-electron chi connectivity index (χ1n) is 8.99. The van der Waals surface area contributed by atoms with Crippen molar-refractivity contribution in [1.82, 2.24) is 15.5 Å². The van der Waals surface area contributed by atoms with Crippen molar-refractivity contribution in [2.45, 2.75) is 46.2 Å². The molecule has 0 radical (unpaired) electrons. The summed E-state index contributed by atoms with van der Waals surface area (Å²) in [6, 6.07) is 8.44. The summed E-state index contributed by atoms with van der Waals surface area (Å²) in [4.78, 5) is 14.6. The number of rotatable bonds is 8. The highest BCUT2D eigenvalue weighted by atomic mass is 35.5. The summed E-state index contributed by atoms with van der Waals surface area (Å²) >= 11 is 0. The number of benzene rings is 1. The van der Waals surface area contributed by atoms with E-state index in [4.69, 9.17) is 0 Å². The van der Waals surface area contributed by atoms with Gasteiger partial charge in [-0.2, -0.15) is 0 Å². The molecule has 4 nitrogen and oxygen atoms in total. The Morgan fingerprint density at radius 3 is 2.32 bits per heavy atom. The molecule has 1 heterocycles. The molecule has 1 aromatic rings. The van der Waals surface area contributed by atoms with Crippen molar-refractivity contribution >= 4 is 30.7 Å². The van der Waals surface area contributed by atoms with Crippen LogP contribution in [0.2, 0.25) is 0 Å². The van der Waals surface area contributed by atoms with Crippen LogP contribution in [-0.2, 0) is 17.9 Å². The summed E-state index contributed by atoms with van der Waals surface area (Å²) in [7, 11) is 0. The molecular weight excluding hydrogens is 357 g/mol. The summed E-state index contributed by atoms with van der Waals surface area (Å²) in [5.74, 6) is 0.733. The molecular formula is C19H33Cl2N3O. The van der Waals surface area contributed by atoms with Gasteiger partial charge in [0.2, 0.25) is 5.91 Å². The lowest BCUT2D eigenvalue weighted by atomic mass is 9.94. The second-order valence-electron chi connectivity index (χ2n) is 6.40. The molecule has 2 N–H and O–H groups in total. The van der Waals surface area contributed by atoms with Crippen LogP contribution >= 0.6 is 24.8 Å². The van der Waals surface area contributed by atoms with E-state index in [0.717, 1.165) is 45.6 Å². The van der Waals surface area contributed by atoms with Crippen LogP contribution in [0.3, 0.4) is 0 Å². The third kappa shape index (κ3) is 8.41. The maximum absolute atomic E-state index is 12.2. The van der Waals surface area contributed by atoms with E-state index in [2.05, 4.69) is 53.6 Å². The van der Waals surface area contributed by atoms with Crippen molar-refractivity contribution in [2.24, 2.45) is 5.92 Å². The van der Waals surface area contributed by atoms with E-state index in [-0.39, 0.29) is 30.7 Å². The molecule has 1 aromatic carbocycles. The van der Waals surface area contributed by atoms with Gasteiger partial charge in [0.15, 0.2) is 0 Å². The van der Waals surface area contributed by atoms with Crippen LogP contribution in [0.1, 0.15) is 44.2 Å². The average Bonchev–Trinajstić information content (AvgIpc) is 2.59. The molecule has 1 amide bonds. The van der Waals surface area contributed by atoms with Crippen LogP contribution < -0.4 is 10.6 Å². The molecule has 25 heavy (non-hydrogen) atoms. The Bertz CT molecular complexity index is 489. The zero-order valence-corrected chi connectivity index (χ0v) is 17.1. The fourth-order valence-corrected chi connectivity index (χ4v) is 3.19. The molecule has 6 heteroatoms. The molecule has 1 aliphatic rings. The van der Waals surface area contributed by atoms with Crippen molar-refractivity contribution in [2.75, 3.05) is 26.2 Å². The van der Waals surface area contributed by atoms with Crippen LogP contribution in [0.5, 0.6) is 0 Å². The minimum atomic E-state index is 0. The van der Waals surface area contributed by atoms with Crippen LogP contribution in [0.15, 0.2) is 24.3 Å². The van der Waals surface area contributed by atoms with E-state index < -0.39 is 0 Å². The molecule has 144 valence electrons. The van der Waals surface area contributed by atoms with Gasteiger partial charge in [0.25, 0.3) is 0 Å². The number of nitrogens with zero attached hydrogens (tertiary/aromatic N) is 1. The van der Waals surface area contributed by atoms with Crippen molar-refractivity contribution in [3.05, 3.63) is 35.4 Å². The maximum atomic E-state index is 12.2. The van der Waals surface area contributed by atoms with Gasteiger partial charge in [0, 0.05) is 19.5 Å². The number of piperidine rings is 1. The predicted molar refractivity (Wildman–Crippen MR) is 110 cm³/mol. The molecule has 1 aliphatic heterocycles. The van der Waals surface area contributed by atoms with Gasteiger partial charge in [-0.15, -0.1) is 24.8 Å². The normalized spacial score (nSPS) is 14.5. The lowest BCUT2D eigenvalue weighted by Gasteiger charge is -2.22. The highest BCUT2D eigenvalue weighted by Gasteiger charge is 2.16. The van der Waals surface area contributed by atoms with Crippen LogP contribution in [0.4, 0.5) is 0 Å². The van der Waals surface area contributed by atoms with Crippen molar-refractivity contribution in [3.8, 4) is 0 Å². The third-order valence-electron chi connectivity index (χ3n) is 4.82. The largest absolute Gasteiger partial charge is 0.352 e. The zero-order chi connectivity index (χ0) is 16.5. The standard InChI is InChI=1S/C19H31N3O.2ClH/c1-3-22(4-2)15-18-8-6-5-7-17(18)14-21-19(23)13-16-9-11-20-12-10-16;;/h5-8,16,20H,3-4,9-15H2,1-2H3,(H,21,23);2*1H. The van der Waals surface area contributed by atoms with E-state index in [1.54, 1.807) is 0 Å². The molecule has 0 unspecified atom stereocenters. The van der Waals surface area contributed by atoms with Crippen molar-refractivity contribution in [1.29, 1.82) is 0 Å². The van der Waals surface area contributed by atoms with Gasteiger partial charge in [0.05, 0.1) is 0 Å². The molecule has 1 saturated heterocycles. The zero-order valence-electron chi connectivity index (χ0n) is 15.4.